The number of unbranched alkanes of at least 4 members (excludes halogenated alkanes) is 31. The zero-order valence-electron chi connectivity index (χ0n) is 48.6. The maximum atomic E-state index is 13.5. The number of hydrogen-bond donors (Lipinski definition) is 1. The van der Waals surface area contributed by atoms with Crippen molar-refractivity contribution in [2.24, 2.45) is 0 Å². The van der Waals surface area contributed by atoms with Gasteiger partial charge in [0.1, 0.15) is 19.3 Å². The van der Waals surface area contributed by atoms with Crippen LogP contribution in [0.15, 0.2) is 60.8 Å². The number of phosphoric acid groups is 1. The SMILES string of the molecule is CCCCC/C=C\C/C=C\C/C=C\CCCCCCC(=O)OC(/C=C/CCCCCCCCCCCCC)C(COP(=O)([O-])OCC[N+](C)(C)C)NC(=O)CCCCCCCCC/C=C/CCCCCCCC. The molecule has 1 amide bonds. The Morgan fingerprint density at radius 2 is 0.836 bits per heavy atom. The van der Waals surface area contributed by atoms with E-state index in [9.17, 15) is 19.0 Å². The summed E-state index contributed by atoms with van der Waals surface area (Å²) < 4.78 is 30.3. The van der Waals surface area contributed by atoms with E-state index < -0.39 is 26.6 Å². The van der Waals surface area contributed by atoms with Crippen molar-refractivity contribution in [2.75, 3.05) is 40.9 Å². The molecule has 10 heteroatoms. The van der Waals surface area contributed by atoms with Crippen LogP contribution in [-0.2, 0) is 27.9 Å². The van der Waals surface area contributed by atoms with Gasteiger partial charge in [-0.25, -0.2) is 0 Å². The molecule has 0 fully saturated rings. The standard InChI is InChI=1S/C63H117N2O7P/c1-7-10-13-16-19-22-25-28-30-32-34-37-40-43-46-49-52-55-62(66)64-60(59-71-73(68,69)70-58-57-65(4,5)6)61(54-51-48-45-42-39-36-27-24-21-18-15-12-9-3)72-63(67)56-53-50-47-44-41-38-35-33-31-29-26-23-20-17-14-11-8-2/h20,23,28-31,35,38,51,54,60-61H,7-19,21-22,24-27,32-34,36-37,39-50,52-53,55-59H2,1-6H3,(H-,64,66,68,69)/b23-20-,30-28+,31-29-,38-35-,54-51+. The van der Waals surface area contributed by atoms with Crippen molar-refractivity contribution in [1.82, 2.24) is 5.32 Å². The highest BCUT2D eigenvalue weighted by molar-refractivity contribution is 7.45. The molecule has 0 aromatic heterocycles. The molecule has 0 radical (unpaired) electrons. The number of nitrogens with one attached hydrogen (secondary N) is 1. The molecular weight excluding hydrogens is 928 g/mol. The molecule has 0 saturated heterocycles. The number of quaternary nitrogens is 1. The van der Waals surface area contributed by atoms with Gasteiger partial charge in [-0.2, -0.15) is 0 Å². The van der Waals surface area contributed by atoms with Crippen molar-refractivity contribution < 1.29 is 37.3 Å². The summed E-state index contributed by atoms with van der Waals surface area (Å²) in [6.45, 7) is 6.81. The highest BCUT2D eigenvalue weighted by atomic mass is 31.2. The number of carbonyl (C=O) groups excluding carboxylic acids is 2. The van der Waals surface area contributed by atoms with Crippen LogP contribution in [0, 0.1) is 0 Å². The van der Waals surface area contributed by atoms with Crippen LogP contribution < -0.4 is 10.2 Å². The van der Waals surface area contributed by atoms with E-state index in [2.05, 4.69) is 74.7 Å². The van der Waals surface area contributed by atoms with E-state index in [4.69, 9.17) is 13.8 Å². The summed E-state index contributed by atoms with van der Waals surface area (Å²) in [5.41, 5.74) is 0. The van der Waals surface area contributed by atoms with E-state index in [1.54, 1.807) is 0 Å². The van der Waals surface area contributed by atoms with E-state index in [-0.39, 0.29) is 24.9 Å². The predicted octanol–water partition coefficient (Wildman–Crippen LogP) is 18.0. The first-order chi connectivity index (χ1) is 35.4. The van der Waals surface area contributed by atoms with Gasteiger partial charge in [0.2, 0.25) is 5.91 Å². The summed E-state index contributed by atoms with van der Waals surface area (Å²) in [4.78, 5) is 40.0. The number of phosphoric ester groups is 1. The number of esters is 1. The summed E-state index contributed by atoms with van der Waals surface area (Å²) in [5, 5.41) is 3.02. The first-order valence-electron chi connectivity index (χ1n) is 30.6. The van der Waals surface area contributed by atoms with Gasteiger partial charge in [-0.3, -0.25) is 14.2 Å². The normalized spacial score (nSPS) is 14.1. The minimum atomic E-state index is -4.70. The van der Waals surface area contributed by atoms with Crippen LogP contribution in [0.1, 0.15) is 278 Å². The summed E-state index contributed by atoms with van der Waals surface area (Å²) >= 11 is 0. The van der Waals surface area contributed by atoms with Gasteiger partial charge in [0.05, 0.1) is 33.8 Å². The van der Waals surface area contributed by atoms with Crippen LogP contribution >= 0.6 is 7.82 Å². The average Bonchev–Trinajstić information content (AvgIpc) is 3.35. The van der Waals surface area contributed by atoms with E-state index in [0.717, 1.165) is 89.9 Å². The molecule has 0 aliphatic rings. The highest BCUT2D eigenvalue weighted by Crippen LogP contribution is 2.38. The Morgan fingerprint density at radius 3 is 1.29 bits per heavy atom. The Morgan fingerprint density at radius 1 is 0.479 bits per heavy atom. The maximum Gasteiger partial charge on any atom is 0.306 e. The number of rotatable bonds is 55. The quantitative estimate of drug-likeness (QED) is 0.0212. The van der Waals surface area contributed by atoms with Crippen LogP contribution in [0.25, 0.3) is 0 Å². The first-order valence-corrected chi connectivity index (χ1v) is 32.1. The lowest BCUT2D eigenvalue weighted by molar-refractivity contribution is -0.870. The fourth-order valence-corrected chi connectivity index (χ4v) is 9.36. The molecule has 73 heavy (non-hydrogen) atoms. The Hall–Kier alpha value is -2.29. The van der Waals surface area contributed by atoms with Crippen LogP contribution in [0.5, 0.6) is 0 Å². The molecule has 3 atom stereocenters. The van der Waals surface area contributed by atoms with E-state index in [1.807, 2.05) is 33.3 Å². The number of amides is 1. The van der Waals surface area contributed by atoms with Crippen molar-refractivity contribution in [1.29, 1.82) is 0 Å². The number of allylic oxidation sites excluding steroid dienone is 9. The summed E-state index contributed by atoms with van der Waals surface area (Å²) in [7, 11) is 1.17. The van der Waals surface area contributed by atoms with Gasteiger partial charge in [0, 0.05) is 12.8 Å². The van der Waals surface area contributed by atoms with Crippen molar-refractivity contribution >= 4 is 19.7 Å². The minimum Gasteiger partial charge on any atom is -0.756 e. The van der Waals surface area contributed by atoms with Crippen molar-refractivity contribution in [3.8, 4) is 0 Å². The second kappa shape index (κ2) is 53.1. The van der Waals surface area contributed by atoms with Crippen LogP contribution in [-0.4, -0.2) is 69.4 Å². The number of ether oxygens (including phenoxy) is 1. The van der Waals surface area contributed by atoms with E-state index >= 15 is 0 Å². The van der Waals surface area contributed by atoms with Gasteiger partial charge in [-0.05, 0) is 96.0 Å². The molecule has 0 heterocycles. The molecule has 9 nitrogen and oxygen atoms in total. The van der Waals surface area contributed by atoms with Crippen molar-refractivity contribution in [2.45, 2.75) is 290 Å². The molecule has 0 aromatic carbocycles. The second-order valence-electron chi connectivity index (χ2n) is 21.8. The minimum absolute atomic E-state index is 0.0278. The summed E-state index contributed by atoms with van der Waals surface area (Å²) in [6.07, 6.45) is 66.0. The lowest BCUT2D eigenvalue weighted by Gasteiger charge is -2.30. The van der Waals surface area contributed by atoms with E-state index in [0.29, 0.717) is 23.9 Å². The van der Waals surface area contributed by atoms with Gasteiger partial charge in [-0.15, -0.1) is 0 Å². The molecule has 0 rings (SSSR count). The lowest BCUT2D eigenvalue weighted by atomic mass is 10.0. The smallest absolute Gasteiger partial charge is 0.306 e. The molecule has 1 N–H and O–H groups in total. The third kappa shape index (κ3) is 54.3. The Kier molecular flexibility index (Phi) is 51.5. The number of nitrogens with zero attached hydrogens (tertiary/aromatic N) is 1. The predicted molar refractivity (Wildman–Crippen MR) is 312 cm³/mol. The molecule has 0 saturated carbocycles. The number of likely N-dealkylation sites (N-methyl/N-ethyl adjacent to an activating group) is 1. The molecule has 3 unspecified atom stereocenters. The van der Waals surface area contributed by atoms with Crippen LogP contribution in [0.4, 0.5) is 0 Å². The maximum absolute atomic E-state index is 13.5. The zero-order chi connectivity index (χ0) is 53.6. The Labute approximate surface area is 451 Å². The molecule has 0 bridgehead atoms. The topological polar surface area (TPSA) is 114 Å². The molecule has 0 aromatic rings. The fraction of sp³-hybridized carbons (Fsp3) is 0.810. The Balaban J connectivity index is 5.36. The molecule has 0 aliphatic carbocycles. The summed E-state index contributed by atoms with van der Waals surface area (Å²) in [6, 6.07) is -0.900. The highest BCUT2D eigenvalue weighted by Gasteiger charge is 2.27. The molecule has 0 aliphatic heterocycles. The van der Waals surface area contributed by atoms with Crippen LogP contribution in [0.2, 0.25) is 0 Å². The largest absolute Gasteiger partial charge is 0.756 e. The second-order valence-corrected chi connectivity index (χ2v) is 23.3. The van der Waals surface area contributed by atoms with Gasteiger partial charge in [0.25, 0.3) is 7.82 Å². The Bertz CT molecular complexity index is 1440. The third-order valence-electron chi connectivity index (χ3n) is 13.4. The van der Waals surface area contributed by atoms with Crippen LogP contribution in [0.3, 0.4) is 0 Å². The fourth-order valence-electron chi connectivity index (χ4n) is 8.64. The molecular formula is C63H117N2O7P. The third-order valence-corrected chi connectivity index (χ3v) is 14.4. The van der Waals surface area contributed by atoms with Gasteiger partial charge in [0.15, 0.2) is 0 Å². The lowest BCUT2D eigenvalue weighted by Crippen LogP contribution is -2.47. The van der Waals surface area contributed by atoms with Gasteiger partial charge in [-0.1, -0.05) is 230 Å². The van der Waals surface area contributed by atoms with Crippen molar-refractivity contribution in [3.05, 3.63) is 60.8 Å². The van der Waals surface area contributed by atoms with Gasteiger partial charge < -0.3 is 28.5 Å². The monoisotopic (exact) mass is 1040 g/mol. The van der Waals surface area contributed by atoms with Crippen molar-refractivity contribution in [3.63, 3.8) is 0 Å². The molecule has 0 spiro atoms. The molecule has 426 valence electrons. The zero-order valence-corrected chi connectivity index (χ0v) is 49.5. The average molecular weight is 1050 g/mol. The first kappa shape index (κ1) is 70.7. The number of carbonyl (C=O) groups is 2. The van der Waals surface area contributed by atoms with Gasteiger partial charge >= 0.3 is 5.97 Å². The number of hydrogen-bond acceptors (Lipinski definition) is 7. The van der Waals surface area contributed by atoms with E-state index in [1.165, 1.54) is 148 Å². The summed E-state index contributed by atoms with van der Waals surface area (Å²) in [5.74, 6) is -0.567.